The maximum Gasteiger partial charge on any atom is 0.0589 e. The molecule has 1 aromatic carbocycles. The van der Waals surface area contributed by atoms with E-state index in [-0.39, 0.29) is 0 Å². The first-order chi connectivity index (χ1) is 7.83. The molecule has 2 heteroatoms. The smallest absolute Gasteiger partial charge is 0.0589 e. The zero-order valence-corrected chi connectivity index (χ0v) is 10.3. The first-order valence-corrected chi connectivity index (χ1v) is 6.15. The fourth-order valence-electron chi connectivity index (χ4n) is 2.30. The Morgan fingerprint density at radius 2 is 2.19 bits per heavy atom. The predicted octanol–water partition coefficient (Wildman–Crippen LogP) is 2.25. The van der Waals surface area contributed by atoms with Gasteiger partial charge in [0.2, 0.25) is 0 Å². The third-order valence-electron chi connectivity index (χ3n) is 3.38. The Morgan fingerprint density at radius 1 is 1.31 bits per heavy atom. The van der Waals surface area contributed by atoms with Gasteiger partial charge in [-0.3, -0.25) is 4.90 Å². The second-order valence-corrected chi connectivity index (χ2v) is 4.48. The van der Waals surface area contributed by atoms with E-state index in [9.17, 15) is 0 Å². The van der Waals surface area contributed by atoms with Crippen LogP contribution in [-0.2, 0) is 24.1 Å². The molecule has 2 rings (SSSR count). The number of ether oxygens (including phenoxy) is 1. The molecule has 0 aromatic heterocycles. The monoisotopic (exact) mass is 219 g/mol. The summed E-state index contributed by atoms with van der Waals surface area (Å²) in [5, 5.41) is 0. The fraction of sp³-hybridized carbons (Fsp3) is 0.571. The van der Waals surface area contributed by atoms with E-state index >= 15 is 0 Å². The minimum atomic E-state index is 0.836. The number of methoxy groups -OCH3 is 1. The molecular weight excluding hydrogens is 198 g/mol. The lowest BCUT2D eigenvalue weighted by molar-refractivity contribution is 0.141. The molecule has 0 radical (unpaired) electrons. The van der Waals surface area contributed by atoms with Crippen LogP contribution in [0.4, 0.5) is 0 Å². The van der Waals surface area contributed by atoms with E-state index in [0.717, 1.165) is 26.1 Å². The van der Waals surface area contributed by atoms with Crippen molar-refractivity contribution < 1.29 is 4.74 Å². The number of hydrogen-bond donors (Lipinski definition) is 0. The average Bonchev–Trinajstić information content (AvgIpc) is 2.35. The highest BCUT2D eigenvalue weighted by atomic mass is 16.5. The molecule has 16 heavy (non-hydrogen) atoms. The van der Waals surface area contributed by atoms with Crippen molar-refractivity contribution >= 4 is 0 Å². The minimum Gasteiger partial charge on any atom is -0.383 e. The Morgan fingerprint density at radius 3 is 2.94 bits per heavy atom. The zero-order valence-electron chi connectivity index (χ0n) is 10.3. The first kappa shape index (κ1) is 11.6. The predicted molar refractivity (Wildman–Crippen MR) is 66.7 cm³/mol. The number of fused-ring (bicyclic) bond motifs is 1. The van der Waals surface area contributed by atoms with Gasteiger partial charge in [-0.05, 0) is 29.5 Å². The Kier molecular flexibility index (Phi) is 3.97. The molecule has 0 fully saturated rings. The van der Waals surface area contributed by atoms with E-state index in [4.69, 9.17) is 4.74 Å². The molecule has 2 nitrogen and oxygen atoms in total. The Balaban J connectivity index is 2.06. The molecule has 88 valence electrons. The first-order valence-electron chi connectivity index (χ1n) is 6.15. The summed E-state index contributed by atoms with van der Waals surface area (Å²) >= 11 is 0. The van der Waals surface area contributed by atoms with Gasteiger partial charge in [-0.25, -0.2) is 0 Å². The lowest BCUT2D eigenvalue weighted by Crippen LogP contribution is -2.33. The molecule has 0 bridgehead atoms. The van der Waals surface area contributed by atoms with E-state index < -0.39 is 0 Å². The van der Waals surface area contributed by atoms with E-state index in [0.29, 0.717) is 0 Å². The zero-order chi connectivity index (χ0) is 11.4. The summed E-state index contributed by atoms with van der Waals surface area (Å²) in [6.45, 7) is 6.36. The van der Waals surface area contributed by atoms with Gasteiger partial charge in [-0.15, -0.1) is 0 Å². The average molecular weight is 219 g/mol. The fourth-order valence-corrected chi connectivity index (χ4v) is 2.30. The Labute approximate surface area is 98.2 Å². The van der Waals surface area contributed by atoms with E-state index in [2.05, 4.69) is 30.0 Å². The SMILES string of the molecule is CCc1ccc2c(c1)CN(CCOC)CC2. The molecule has 1 aromatic rings. The standard InChI is InChI=1S/C14H21NO/c1-3-12-4-5-13-6-7-15(8-9-16-2)11-14(13)10-12/h4-5,10H,3,6-9,11H2,1-2H3. The highest BCUT2D eigenvalue weighted by molar-refractivity contribution is 5.33. The van der Waals surface area contributed by atoms with Crippen LogP contribution in [0, 0.1) is 0 Å². The van der Waals surface area contributed by atoms with Gasteiger partial charge >= 0.3 is 0 Å². The molecule has 1 aliphatic heterocycles. The molecular formula is C14H21NO. The van der Waals surface area contributed by atoms with Crippen molar-refractivity contribution in [1.82, 2.24) is 4.90 Å². The molecule has 0 aliphatic carbocycles. The molecule has 1 aliphatic rings. The molecule has 0 N–H and O–H groups in total. The second kappa shape index (κ2) is 5.46. The lowest BCUT2D eigenvalue weighted by Gasteiger charge is -2.28. The van der Waals surface area contributed by atoms with Crippen LogP contribution in [0.5, 0.6) is 0 Å². The summed E-state index contributed by atoms with van der Waals surface area (Å²) in [6, 6.07) is 6.94. The van der Waals surface area contributed by atoms with Crippen molar-refractivity contribution in [2.24, 2.45) is 0 Å². The van der Waals surface area contributed by atoms with Gasteiger partial charge in [0, 0.05) is 26.7 Å². The van der Waals surface area contributed by atoms with Gasteiger partial charge in [0.05, 0.1) is 6.61 Å². The maximum absolute atomic E-state index is 5.14. The van der Waals surface area contributed by atoms with Crippen LogP contribution in [0.3, 0.4) is 0 Å². The maximum atomic E-state index is 5.14. The van der Waals surface area contributed by atoms with Crippen LogP contribution in [0.25, 0.3) is 0 Å². The highest BCUT2D eigenvalue weighted by Crippen LogP contribution is 2.20. The number of hydrogen-bond acceptors (Lipinski definition) is 2. The molecule has 0 atom stereocenters. The van der Waals surface area contributed by atoms with Crippen LogP contribution in [0.2, 0.25) is 0 Å². The van der Waals surface area contributed by atoms with Gasteiger partial charge in [0.25, 0.3) is 0 Å². The topological polar surface area (TPSA) is 12.5 Å². The van der Waals surface area contributed by atoms with Crippen molar-refractivity contribution in [2.45, 2.75) is 26.3 Å². The molecule has 0 spiro atoms. The lowest BCUT2D eigenvalue weighted by atomic mass is 9.97. The van der Waals surface area contributed by atoms with Crippen molar-refractivity contribution in [3.05, 3.63) is 34.9 Å². The summed E-state index contributed by atoms with van der Waals surface area (Å²) in [5.41, 5.74) is 4.50. The molecule has 0 saturated heterocycles. The summed E-state index contributed by atoms with van der Waals surface area (Å²) in [4.78, 5) is 2.48. The van der Waals surface area contributed by atoms with Gasteiger partial charge in [-0.1, -0.05) is 25.1 Å². The quantitative estimate of drug-likeness (QED) is 0.770. The molecule has 0 saturated carbocycles. The minimum absolute atomic E-state index is 0.836. The molecule has 1 heterocycles. The summed E-state index contributed by atoms with van der Waals surface area (Å²) < 4.78 is 5.14. The Hall–Kier alpha value is -0.860. The van der Waals surface area contributed by atoms with E-state index in [1.807, 2.05) is 0 Å². The van der Waals surface area contributed by atoms with Crippen LogP contribution in [0.15, 0.2) is 18.2 Å². The van der Waals surface area contributed by atoms with Gasteiger partial charge in [0.15, 0.2) is 0 Å². The van der Waals surface area contributed by atoms with Crippen molar-refractivity contribution in [2.75, 3.05) is 26.8 Å². The van der Waals surface area contributed by atoms with E-state index in [1.165, 1.54) is 29.7 Å². The Bertz CT molecular complexity index is 349. The molecule has 0 unspecified atom stereocenters. The number of aryl methyl sites for hydroxylation is 1. The summed E-state index contributed by atoms with van der Waals surface area (Å²) in [6.07, 6.45) is 2.31. The van der Waals surface area contributed by atoms with E-state index in [1.54, 1.807) is 7.11 Å². The van der Waals surface area contributed by atoms with Gasteiger partial charge in [0.1, 0.15) is 0 Å². The van der Waals surface area contributed by atoms with Gasteiger partial charge in [-0.2, -0.15) is 0 Å². The van der Waals surface area contributed by atoms with Crippen LogP contribution in [-0.4, -0.2) is 31.7 Å². The highest BCUT2D eigenvalue weighted by Gasteiger charge is 2.15. The van der Waals surface area contributed by atoms with Crippen molar-refractivity contribution in [1.29, 1.82) is 0 Å². The third kappa shape index (κ3) is 2.63. The summed E-state index contributed by atoms with van der Waals surface area (Å²) in [7, 11) is 1.77. The number of rotatable bonds is 4. The largest absolute Gasteiger partial charge is 0.383 e. The second-order valence-electron chi connectivity index (χ2n) is 4.48. The normalized spacial score (nSPS) is 16.1. The van der Waals surface area contributed by atoms with Crippen LogP contribution < -0.4 is 0 Å². The van der Waals surface area contributed by atoms with Crippen LogP contribution >= 0.6 is 0 Å². The van der Waals surface area contributed by atoms with Crippen molar-refractivity contribution in [3.8, 4) is 0 Å². The number of nitrogens with zero attached hydrogens (tertiary/aromatic N) is 1. The molecule has 0 amide bonds. The third-order valence-corrected chi connectivity index (χ3v) is 3.38. The van der Waals surface area contributed by atoms with Gasteiger partial charge < -0.3 is 4.74 Å². The van der Waals surface area contributed by atoms with Crippen LogP contribution in [0.1, 0.15) is 23.6 Å². The number of benzene rings is 1. The van der Waals surface area contributed by atoms with Crippen molar-refractivity contribution in [3.63, 3.8) is 0 Å². The summed E-state index contributed by atoms with van der Waals surface area (Å²) in [5.74, 6) is 0.